The fourth-order valence-electron chi connectivity index (χ4n) is 2.56. The molecule has 3 rings (SSSR count). The van der Waals surface area contributed by atoms with E-state index in [4.69, 9.17) is 0 Å². The van der Waals surface area contributed by atoms with Crippen molar-refractivity contribution in [2.24, 2.45) is 0 Å². The van der Waals surface area contributed by atoms with E-state index in [1.54, 1.807) is 7.16 Å². The average Bonchev–Trinajstić information content (AvgIpc) is 2.55. The van der Waals surface area contributed by atoms with Crippen LogP contribution in [0.3, 0.4) is 0 Å². The standard InChI is InChI=1S/2C7H7.C6H5.H2O.Sn/c2*1-7-5-3-2-4-6-7;1-2-4-6-5-3-1;;/h3-6H,1H3;2-6H,1H2;1-5H;1H2;/q;;;;+1/p-1. The van der Waals surface area contributed by atoms with Crippen LogP contribution in [0.2, 0.25) is 0 Å². The molecule has 0 aromatic heterocycles. The molecule has 0 spiro atoms. The van der Waals surface area contributed by atoms with Gasteiger partial charge in [-0.15, -0.1) is 0 Å². The molecule has 0 unspecified atom stereocenters. The second-order valence-electron chi connectivity index (χ2n) is 5.37. The van der Waals surface area contributed by atoms with E-state index >= 15 is 0 Å². The van der Waals surface area contributed by atoms with Crippen molar-refractivity contribution in [1.82, 2.24) is 0 Å². The fraction of sp³-hybridized carbons (Fsp3) is 0.100. The van der Waals surface area contributed by atoms with Gasteiger partial charge in [0, 0.05) is 0 Å². The van der Waals surface area contributed by atoms with Crippen LogP contribution in [0.1, 0.15) is 11.1 Å². The van der Waals surface area contributed by atoms with Gasteiger partial charge in [0.25, 0.3) is 0 Å². The summed E-state index contributed by atoms with van der Waals surface area (Å²) < 4.78 is 4.39. The van der Waals surface area contributed by atoms with Gasteiger partial charge in [0.2, 0.25) is 0 Å². The topological polar surface area (TPSA) is 30.0 Å². The van der Waals surface area contributed by atoms with E-state index in [0.717, 1.165) is 0 Å². The first-order chi connectivity index (χ1) is 10.3. The predicted molar refractivity (Wildman–Crippen MR) is 94.7 cm³/mol. The molecule has 0 radical (unpaired) electrons. The zero-order valence-electron chi connectivity index (χ0n) is 12.7. The van der Waals surface area contributed by atoms with Crippen LogP contribution in [0.15, 0.2) is 84.9 Å². The van der Waals surface area contributed by atoms with Crippen molar-refractivity contribution in [1.29, 1.82) is 0 Å². The van der Waals surface area contributed by atoms with Crippen LogP contribution < -0.4 is 7.16 Å². The number of aryl methyl sites for hydroxylation is 1. The van der Waals surface area contributed by atoms with E-state index in [1.165, 1.54) is 15.6 Å². The molecule has 0 atom stereocenters. The van der Waals surface area contributed by atoms with Crippen LogP contribution in [0, 0.1) is 6.92 Å². The van der Waals surface area contributed by atoms with Gasteiger partial charge in [0.1, 0.15) is 0 Å². The molecule has 1 N–H and O–H groups in total. The Labute approximate surface area is 139 Å². The molecule has 0 saturated carbocycles. The van der Waals surface area contributed by atoms with Gasteiger partial charge in [-0.1, -0.05) is 0 Å². The molecule has 110 valence electrons. The maximum absolute atomic E-state index is 2.35. The molecular weight excluding hydrogens is 375 g/mol. The molecule has 22 heavy (non-hydrogen) atoms. The zero-order valence-corrected chi connectivity index (χ0v) is 15.6. The second kappa shape index (κ2) is 8.16. The summed E-state index contributed by atoms with van der Waals surface area (Å²) in [6, 6.07) is 31.2. The number of rotatable bonds is 4. The molecule has 0 heterocycles. The molecule has 0 aliphatic rings. The Morgan fingerprint density at radius 2 is 1.14 bits per heavy atom. The van der Waals surface area contributed by atoms with Crippen LogP contribution >= 0.6 is 0 Å². The van der Waals surface area contributed by atoms with Crippen LogP contribution in [-0.4, -0.2) is 25.2 Å². The Morgan fingerprint density at radius 1 is 0.636 bits per heavy atom. The van der Waals surface area contributed by atoms with Gasteiger partial charge in [0.15, 0.2) is 0 Å². The Hall–Kier alpha value is -1.58. The van der Waals surface area contributed by atoms with Gasteiger partial charge in [0.05, 0.1) is 0 Å². The van der Waals surface area contributed by atoms with Crippen LogP contribution in [0.25, 0.3) is 0 Å². The minimum absolute atomic E-state index is 0. The van der Waals surface area contributed by atoms with E-state index < -0.39 is 19.8 Å². The molecule has 0 amide bonds. The third kappa shape index (κ3) is 4.21. The normalized spacial score (nSPS) is 9.86. The largest absolute Gasteiger partial charge is 0.870 e. The van der Waals surface area contributed by atoms with E-state index in [2.05, 4.69) is 91.9 Å². The number of hydrogen-bond acceptors (Lipinski definition) is 1. The van der Waals surface area contributed by atoms with Crippen molar-refractivity contribution >= 4 is 26.9 Å². The molecule has 0 aliphatic heterocycles. The first kappa shape index (κ1) is 16.8. The van der Waals surface area contributed by atoms with Gasteiger partial charge < -0.3 is 5.48 Å². The van der Waals surface area contributed by atoms with Crippen molar-refractivity contribution in [3.63, 3.8) is 0 Å². The average molecular weight is 395 g/mol. The third-order valence-corrected chi connectivity index (χ3v) is 11.8. The first-order valence-corrected chi connectivity index (χ1v) is 12.2. The summed E-state index contributed by atoms with van der Waals surface area (Å²) in [5.41, 5.74) is 2.81. The van der Waals surface area contributed by atoms with Crippen LogP contribution in [0.4, 0.5) is 0 Å². The van der Waals surface area contributed by atoms with Crippen LogP contribution in [-0.2, 0) is 4.44 Å². The van der Waals surface area contributed by atoms with Gasteiger partial charge in [-0.05, 0) is 0 Å². The quantitative estimate of drug-likeness (QED) is 0.625. The molecule has 3 aromatic carbocycles. The summed E-state index contributed by atoms with van der Waals surface area (Å²) >= 11 is -1.87. The third-order valence-electron chi connectivity index (χ3n) is 3.75. The maximum atomic E-state index is 2.35. The molecular formula is C20H20OSn. The fourth-order valence-corrected chi connectivity index (χ4v) is 9.84. The summed E-state index contributed by atoms with van der Waals surface area (Å²) in [5.74, 6) is 0. The molecule has 0 fully saturated rings. The Morgan fingerprint density at radius 3 is 1.73 bits per heavy atom. The molecule has 1 nitrogen and oxygen atoms in total. The van der Waals surface area contributed by atoms with E-state index in [1.807, 2.05) is 0 Å². The monoisotopic (exact) mass is 396 g/mol. The van der Waals surface area contributed by atoms with Crippen molar-refractivity contribution in [3.05, 3.63) is 96.1 Å². The molecule has 0 saturated heterocycles. The predicted octanol–water partition coefficient (Wildman–Crippen LogP) is 3.21. The van der Waals surface area contributed by atoms with Crippen molar-refractivity contribution in [2.75, 3.05) is 0 Å². The minimum atomic E-state index is -1.87. The van der Waals surface area contributed by atoms with E-state index in [0.29, 0.717) is 0 Å². The summed E-state index contributed by atoms with van der Waals surface area (Å²) in [4.78, 5) is 0. The maximum Gasteiger partial charge on any atom is -0.870 e. The summed E-state index contributed by atoms with van der Waals surface area (Å²) in [5, 5.41) is 0. The summed E-state index contributed by atoms with van der Waals surface area (Å²) in [6.07, 6.45) is 0. The summed E-state index contributed by atoms with van der Waals surface area (Å²) in [6.45, 7) is 2.16. The number of hydrogen-bond donors (Lipinski definition) is 0. The molecule has 3 aromatic rings. The zero-order chi connectivity index (χ0) is 14.5. The Balaban J connectivity index is 0.00000176. The Kier molecular flexibility index (Phi) is 6.22. The van der Waals surface area contributed by atoms with Crippen molar-refractivity contribution in [2.45, 2.75) is 11.4 Å². The smallest absolute Gasteiger partial charge is 0.870 e. The molecule has 2 heteroatoms. The molecule has 0 bridgehead atoms. The van der Waals surface area contributed by atoms with E-state index in [-0.39, 0.29) is 5.48 Å². The van der Waals surface area contributed by atoms with Crippen molar-refractivity contribution in [3.8, 4) is 0 Å². The minimum Gasteiger partial charge on any atom is -0.870 e. The van der Waals surface area contributed by atoms with Crippen molar-refractivity contribution < 1.29 is 5.48 Å². The van der Waals surface area contributed by atoms with Gasteiger partial charge in [-0.25, -0.2) is 0 Å². The van der Waals surface area contributed by atoms with E-state index in [9.17, 15) is 0 Å². The van der Waals surface area contributed by atoms with Gasteiger partial charge in [-0.3, -0.25) is 0 Å². The SMILES string of the molecule is Cc1cc[c]([Sn+]([CH2]c2ccccc2)[c]2ccccc2)cc1.[OH-]. The van der Waals surface area contributed by atoms with Gasteiger partial charge in [-0.2, -0.15) is 0 Å². The second-order valence-corrected chi connectivity index (χ2v) is 12.4. The van der Waals surface area contributed by atoms with Crippen LogP contribution in [0.5, 0.6) is 0 Å². The molecule has 0 aliphatic carbocycles. The Bertz CT molecular complexity index is 678. The van der Waals surface area contributed by atoms with Gasteiger partial charge >= 0.3 is 134 Å². The first-order valence-electron chi connectivity index (χ1n) is 7.35. The summed E-state index contributed by atoms with van der Waals surface area (Å²) in [7, 11) is 0. The number of benzene rings is 3.